The molecule has 0 saturated carbocycles. The van der Waals surface area contributed by atoms with Gasteiger partial charge in [0, 0.05) is 25.4 Å². The number of fused-ring (bicyclic) bond motifs is 1. The zero-order chi connectivity index (χ0) is 19.5. The Bertz CT molecular complexity index is 688. The van der Waals surface area contributed by atoms with Crippen LogP contribution in [-0.4, -0.2) is 22.0 Å². The SMILES string of the molecule is CCCCCCCn1c(CCCNC(=O)C(CC)CC)nc2ccccc21. The number of carbonyl (C=O) groups is 1. The molecule has 1 aromatic heterocycles. The Kier molecular flexibility index (Phi) is 9.37. The summed E-state index contributed by atoms with van der Waals surface area (Å²) in [5, 5.41) is 3.10. The summed E-state index contributed by atoms with van der Waals surface area (Å²) in [6, 6.07) is 8.42. The molecule has 4 nitrogen and oxygen atoms in total. The van der Waals surface area contributed by atoms with Gasteiger partial charge in [-0.3, -0.25) is 4.79 Å². The van der Waals surface area contributed by atoms with Crippen LogP contribution in [0.5, 0.6) is 0 Å². The van der Waals surface area contributed by atoms with Gasteiger partial charge in [-0.25, -0.2) is 4.98 Å². The molecule has 27 heavy (non-hydrogen) atoms. The standard InChI is InChI=1S/C23H37N3O/c1-4-7-8-9-12-18-26-21-15-11-10-14-20(21)25-22(26)16-13-17-24-23(27)19(5-2)6-3/h10-11,14-15,19H,4-9,12-13,16-18H2,1-3H3,(H,24,27). The van der Waals surface area contributed by atoms with Gasteiger partial charge in [-0.15, -0.1) is 0 Å². The largest absolute Gasteiger partial charge is 0.356 e. The van der Waals surface area contributed by atoms with E-state index in [1.807, 2.05) is 0 Å². The molecule has 1 amide bonds. The van der Waals surface area contributed by atoms with Gasteiger partial charge >= 0.3 is 0 Å². The number of aromatic nitrogens is 2. The first-order chi connectivity index (χ1) is 13.2. The van der Waals surface area contributed by atoms with Crippen LogP contribution in [0.1, 0.15) is 78.0 Å². The monoisotopic (exact) mass is 371 g/mol. The van der Waals surface area contributed by atoms with Gasteiger partial charge < -0.3 is 9.88 Å². The van der Waals surface area contributed by atoms with Crippen molar-refractivity contribution in [3.05, 3.63) is 30.1 Å². The number of hydrogen-bond acceptors (Lipinski definition) is 2. The maximum atomic E-state index is 12.1. The van der Waals surface area contributed by atoms with Crippen molar-refractivity contribution >= 4 is 16.9 Å². The molecular formula is C23H37N3O. The van der Waals surface area contributed by atoms with E-state index in [9.17, 15) is 4.79 Å². The topological polar surface area (TPSA) is 46.9 Å². The van der Waals surface area contributed by atoms with E-state index in [0.29, 0.717) is 0 Å². The van der Waals surface area contributed by atoms with Gasteiger partial charge in [0.25, 0.3) is 0 Å². The van der Waals surface area contributed by atoms with Crippen molar-refractivity contribution in [2.45, 2.75) is 85.1 Å². The lowest BCUT2D eigenvalue weighted by Gasteiger charge is -2.13. The summed E-state index contributed by atoms with van der Waals surface area (Å²) >= 11 is 0. The summed E-state index contributed by atoms with van der Waals surface area (Å²) in [5.74, 6) is 1.51. The third-order valence-electron chi connectivity index (χ3n) is 5.45. The average molecular weight is 372 g/mol. The van der Waals surface area contributed by atoms with E-state index in [-0.39, 0.29) is 11.8 Å². The second-order valence-corrected chi connectivity index (χ2v) is 7.49. The maximum Gasteiger partial charge on any atom is 0.223 e. The highest BCUT2D eigenvalue weighted by atomic mass is 16.1. The van der Waals surface area contributed by atoms with Crippen LogP contribution in [0.4, 0.5) is 0 Å². The maximum absolute atomic E-state index is 12.1. The molecule has 150 valence electrons. The summed E-state index contributed by atoms with van der Waals surface area (Å²) < 4.78 is 2.39. The molecule has 0 aliphatic heterocycles. The van der Waals surface area contributed by atoms with E-state index in [1.165, 1.54) is 37.6 Å². The summed E-state index contributed by atoms with van der Waals surface area (Å²) in [6.07, 6.45) is 10.1. The number of carbonyl (C=O) groups excluding carboxylic acids is 1. The van der Waals surface area contributed by atoms with Crippen molar-refractivity contribution in [1.29, 1.82) is 0 Å². The lowest BCUT2D eigenvalue weighted by Crippen LogP contribution is -2.31. The molecule has 1 heterocycles. The van der Waals surface area contributed by atoms with E-state index >= 15 is 0 Å². The number of nitrogens with one attached hydrogen (secondary N) is 1. The zero-order valence-electron chi connectivity index (χ0n) is 17.5. The average Bonchev–Trinajstić information content (AvgIpc) is 3.03. The molecule has 0 aliphatic carbocycles. The molecule has 0 atom stereocenters. The molecule has 0 bridgehead atoms. The molecule has 0 radical (unpaired) electrons. The first kappa shape index (κ1) is 21.5. The lowest BCUT2D eigenvalue weighted by molar-refractivity contribution is -0.125. The number of rotatable bonds is 13. The van der Waals surface area contributed by atoms with Crippen LogP contribution in [0, 0.1) is 5.92 Å². The second-order valence-electron chi connectivity index (χ2n) is 7.49. The summed E-state index contributed by atoms with van der Waals surface area (Å²) in [5.41, 5.74) is 2.33. The molecule has 0 unspecified atom stereocenters. The molecule has 0 spiro atoms. The van der Waals surface area contributed by atoms with Crippen molar-refractivity contribution in [2.75, 3.05) is 6.54 Å². The molecule has 4 heteroatoms. The summed E-state index contributed by atoms with van der Waals surface area (Å²) in [6.45, 7) is 8.19. The Morgan fingerprint density at radius 3 is 2.52 bits per heavy atom. The van der Waals surface area contributed by atoms with E-state index < -0.39 is 0 Å². The van der Waals surface area contributed by atoms with Gasteiger partial charge in [0.05, 0.1) is 11.0 Å². The number of hydrogen-bond donors (Lipinski definition) is 1. The van der Waals surface area contributed by atoms with Crippen LogP contribution in [-0.2, 0) is 17.8 Å². The van der Waals surface area contributed by atoms with Crippen LogP contribution >= 0.6 is 0 Å². The highest BCUT2D eigenvalue weighted by Gasteiger charge is 2.14. The molecule has 2 rings (SSSR count). The first-order valence-electron chi connectivity index (χ1n) is 10.9. The minimum atomic E-state index is 0.151. The highest BCUT2D eigenvalue weighted by molar-refractivity contribution is 5.78. The van der Waals surface area contributed by atoms with Gasteiger partial charge in [0.15, 0.2) is 0 Å². The normalized spacial score (nSPS) is 11.4. The lowest BCUT2D eigenvalue weighted by atomic mass is 10.0. The highest BCUT2D eigenvalue weighted by Crippen LogP contribution is 2.18. The molecule has 0 saturated heterocycles. The molecule has 1 aromatic carbocycles. The first-order valence-corrected chi connectivity index (χ1v) is 10.9. The number of imidazole rings is 1. The summed E-state index contributed by atoms with van der Waals surface area (Å²) in [4.78, 5) is 17.0. The van der Waals surface area contributed by atoms with E-state index in [2.05, 4.69) is 54.9 Å². The van der Waals surface area contributed by atoms with Gasteiger partial charge in [-0.1, -0.05) is 58.6 Å². The molecule has 2 aromatic rings. The minimum absolute atomic E-state index is 0.151. The van der Waals surface area contributed by atoms with Crippen LogP contribution in [0.2, 0.25) is 0 Å². The Morgan fingerprint density at radius 2 is 1.78 bits per heavy atom. The third-order valence-corrected chi connectivity index (χ3v) is 5.45. The Balaban J connectivity index is 1.92. The molecule has 0 fully saturated rings. The number of nitrogens with zero attached hydrogens (tertiary/aromatic N) is 2. The van der Waals surface area contributed by atoms with Crippen LogP contribution in [0.25, 0.3) is 11.0 Å². The summed E-state index contributed by atoms with van der Waals surface area (Å²) in [7, 11) is 0. The van der Waals surface area contributed by atoms with Crippen molar-refractivity contribution in [3.63, 3.8) is 0 Å². The number of aryl methyl sites for hydroxylation is 2. The molecular weight excluding hydrogens is 334 g/mol. The van der Waals surface area contributed by atoms with Crippen molar-refractivity contribution in [1.82, 2.24) is 14.9 Å². The van der Waals surface area contributed by atoms with Crippen molar-refractivity contribution < 1.29 is 4.79 Å². The fraction of sp³-hybridized carbons (Fsp3) is 0.652. The van der Waals surface area contributed by atoms with E-state index in [4.69, 9.17) is 4.98 Å². The number of para-hydroxylation sites is 2. The molecule has 1 N–H and O–H groups in total. The fourth-order valence-corrected chi connectivity index (χ4v) is 3.70. The second kappa shape index (κ2) is 11.8. The smallest absolute Gasteiger partial charge is 0.223 e. The van der Waals surface area contributed by atoms with Crippen LogP contribution in [0.15, 0.2) is 24.3 Å². The van der Waals surface area contributed by atoms with Gasteiger partial charge in [-0.2, -0.15) is 0 Å². The predicted octanol–water partition coefficient (Wildman–Crippen LogP) is 5.49. The number of benzene rings is 1. The Morgan fingerprint density at radius 1 is 1.04 bits per heavy atom. The van der Waals surface area contributed by atoms with E-state index in [0.717, 1.165) is 50.1 Å². The number of amides is 1. The van der Waals surface area contributed by atoms with E-state index in [1.54, 1.807) is 0 Å². The predicted molar refractivity (Wildman–Crippen MR) is 114 cm³/mol. The fourth-order valence-electron chi connectivity index (χ4n) is 3.70. The number of unbranched alkanes of at least 4 members (excludes halogenated alkanes) is 4. The minimum Gasteiger partial charge on any atom is -0.356 e. The third kappa shape index (κ3) is 6.37. The Labute approximate surface area is 164 Å². The Hall–Kier alpha value is -1.84. The van der Waals surface area contributed by atoms with Gasteiger partial charge in [0.2, 0.25) is 5.91 Å². The molecule has 0 aliphatic rings. The van der Waals surface area contributed by atoms with Crippen LogP contribution < -0.4 is 5.32 Å². The van der Waals surface area contributed by atoms with Gasteiger partial charge in [0.1, 0.15) is 5.82 Å². The van der Waals surface area contributed by atoms with Crippen LogP contribution in [0.3, 0.4) is 0 Å². The van der Waals surface area contributed by atoms with Crippen molar-refractivity contribution in [2.24, 2.45) is 5.92 Å². The quantitative estimate of drug-likeness (QED) is 0.473. The zero-order valence-corrected chi connectivity index (χ0v) is 17.5. The van der Waals surface area contributed by atoms with Gasteiger partial charge in [-0.05, 0) is 37.8 Å². The van der Waals surface area contributed by atoms with Crippen molar-refractivity contribution in [3.8, 4) is 0 Å².